The van der Waals surface area contributed by atoms with Gasteiger partial charge in [0.25, 0.3) is 0 Å². The van der Waals surface area contributed by atoms with E-state index in [1.165, 1.54) is 11.8 Å². The van der Waals surface area contributed by atoms with Crippen LogP contribution in [0.2, 0.25) is 0 Å². The zero-order chi connectivity index (χ0) is 6.41. The van der Waals surface area contributed by atoms with Crippen LogP contribution >= 0.6 is 11.8 Å². The Morgan fingerprint density at radius 1 is 1.78 bits per heavy atom. The van der Waals surface area contributed by atoms with Crippen LogP contribution in [0, 0.1) is 0 Å². The molecular formula is C5H8AgO2S. The first kappa shape index (κ1) is 12.0. The number of hydrogen-bond acceptors (Lipinski definition) is 2. The molecule has 0 aromatic carbocycles. The molecule has 9 heavy (non-hydrogen) atoms. The summed E-state index contributed by atoms with van der Waals surface area (Å²) in [6.07, 6.45) is 1.69. The third kappa shape index (κ3) is 11.7. The van der Waals surface area contributed by atoms with Crippen LogP contribution in [0.4, 0.5) is 0 Å². The normalized spacial score (nSPS) is 7.56. The molecule has 0 aromatic heterocycles. The predicted octanol–water partition coefficient (Wildman–Crippen LogP) is 0.988. The van der Waals surface area contributed by atoms with E-state index in [4.69, 9.17) is 5.11 Å². The molecule has 0 aliphatic carbocycles. The first-order chi connectivity index (χ1) is 3.77. The van der Waals surface area contributed by atoms with Crippen molar-refractivity contribution in [2.45, 2.75) is 0 Å². The zero-order valence-electron chi connectivity index (χ0n) is 4.76. The minimum Gasteiger partial charge on any atom is -0.481 e. The fourth-order valence-corrected chi connectivity index (χ4v) is 0.689. The summed E-state index contributed by atoms with van der Waals surface area (Å²) in [5, 5.41) is 8.08. The molecule has 0 aromatic rings. The Hall–Kier alpha value is 0.300. The van der Waals surface area contributed by atoms with Gasteiger partial charge in [-0.3, -0.25) is 4.79 Å². The summed E-state index contributed by atoms with van der Waals surface area (Å²) in [5.74, 6) is 0.120. The van der Waals surface area contributed by atoms with E-state index in [1.807, 2.05) is 0 Å². The van der Waals surface area contributed by atoms with Crippen molar-refractivity contribution in [3.8, 4) is 0 Å². The third-order valence-electron chi connectivity index (χ3n) is 0.461. The molecule has 0 saturated carbocycles. The first-order valence-corrected chi connectivity index (χ1v) is 3.33. The number of aliphatic carboxylic acids is 1. The Morgan fingerprint density at radius 2 is 2.33 bits per heavy atom. The van der Waals surface area contributed by atoms with Crippen molar-refractivity contribution in [3.05, 3.63) is 12.7 Å². The van der Waals surface area contributed by atoms with Crippen molar-refractivity contribution in [3.63, 3.8) is 0 Å². The van der Waals surface area contributed by atoms with Gasteiger partial charge in [0, 0.05) is 28.1 Å². The van der Waals surface area contributed by atoms with Gasteiger partial charge in [-0.15, -0.1) is 18.3 Å². The van der Waals surface area contributed by atoms with Crippen molar-refractivity contribution >= 4 is 17.7 Å². The molecule has 0 rings (SSSR count). The Bertz CT molecular complexity index is 95.0. The van der Waals surface area contributed by atoms with E-state index >= 15 is 0 Å². The Balaban J connectivity index is 0. The van der Waals surface area contributed by atoms with Crippen molar-refractivity contribution in [1.82, 2.24) is 0 Å². The van der Waals surface area contributed by atoms with E-state index in [0.29, 0.717) is 5.75 Å². The summed E-state index contributed by atoms with van der Waals surface area (Å²) in [7, 11) is 0. The van der Waals surface area contributed by atoms with E-state index in [2.05, 4.69) is 6.58 Å². The fraction of sp³-hybridized carbons (Fsp3) is 0.400. The van der Waals surface area contributed by atoms with Crippen LogP contribution < -0.4 is 0 Å². The van der Waals surface area contributed by atoms with Crippen molar-refractivity contribution < 1.29 is 32.3 Å². The number of hydrogen-bond donors (Lipinski definition) is 1. The molecule has 57 valence electrons. The zero-order valence-corrected chi connectivity index (χ0v) is 7.06. The summed E-state index contributed by atoms with van der Waals surface area (Å²) in [6.45, 7) is 3.44. The molecule has 2 nitrogen and oxygen atoms in total. The van der Waals surface area contributed by atoms with E-state index in [1.54, 1.807) is 6.08 Å². The molecular weight excluding hydrogens is 232 g/mol. The minimum absolute atomic E-state index is 0. The Morgan fingerprint density at radius 3 is 2.67 bits per heavy atom. The molecule has 0 spiro atoms. The van der Waals surface area contributed by atoms with Gasteiger partial charge in [0.2, 0.25) is 0 Å². The summed E-state index contributed by atoms with van der Waals surface area (Å²) in [4.78, 5) is 9.82. The van der Waals surface area contributed by atoms with E-state index in [-0.39, 0.29) is 28.1 Å². The van der Waals surface area contributed by atoms with Gasteiger partial charge in [0.1, 0.15) is 0 Å². The third-order valence-corrected chi connectivity index (χ3v) is 1.38. The van der Waals surface area contributed by atoms with E-state index in [0.717, 1.165) is 0 Å². The Labute approximate surface area is 74.2 Å². The monoisotopic (exact) mass is 239 g/mol. The van der Waals surface area contributed by atoms with Crippen LogP contribution in [-0.2, 0) is 27.2 Å². The summed E-state index contributed by atoms with van der Waals surface area (Å²) < 4.78 is 0. The van der Waals surface area contributed by atoms with Gasteiger partial charge in [0.15, 0.2) is 0 Å². The van der Waals surface area contributed by atoms with Crippen LogP contribution in [0.25, 0.3) is 0 Å². The molecule has 0 aliphatic rings. The molecule has 0 fully saturated rings. The molecule has 0 bridgehead atoms. The SMILES string of the molecule is C=CCSCC(=O)O.[Ag]. The summed E-state index contributed by atoms with van der Waals surface area (Å²) in [5.41, 5.74) is 0. The number of carboxylic acids is 1. The Kier molecular flexibility index (Phi) is 11.1. The maximum Gasteiger partial charge on any atom is 0.313 e. The van der Waals surface area contributed by atoms with E-state index < -0.39 is 5.97 Å². The fourth-order valence-electron chi connectivity index (χ4n) is 0.230. The van der Waals surface area contributed by atoms with Crippen molar-refractivity contribution in [2.24, 2.45) is 0 Å². The number of carbonyl (C=O) groups is 1. The van der Waals surface area contributed by atoms with Gasteiger partial charge < -0.3 is 5.11 Å². The molecule has 0 heterocycles. The van der Waals surface area contributed by atoms with Crippen LogP contribution in [0.5, 0.6) is 0 Å². The van der Waals surface area contributed by atoms with Gasteiger partial charge in [-0.1, -0.05) is 6.08 Å². The second kappa shape index (κ2) is 8.30. The summed E-state index contributed by atoms with van der Waals surface area (Å²) in [6, 6.07) is 0. The van der Waals surface area contributed by atoms with Gasteiger partial charge in [0.05, 0.1) is 5.75 Å². The molecule has 0 saturated heterocycles. The van der Waals surface area contributed by atoms with Gasteiger partial charge in [-0.2, -0.15) is 0 Å². The quantitative estimate of drug-likeness (QED) is 0.452. The molecule has 1 N–H and O–H groups in total. The van der Waals surface area contributed by atoms with Crippen LogP contribution in [0.15, 0.2) is 12.7 Å². The largest absolute Gasteiger partial charge is 0.481 e. The van der Waals surface area contributed by atoms with Crippen molar-refractivity contribution in [2.75, 3.05) is 11.5 Å². The molecule has 0 aliphatic heterocycles. The van der Waals surface area contributed by atoms with Crippen LogP contribution in [0.1, 0.15) is 0 Å². The average Bonchev–Trinajstić information content (AvgIpc) is 1.66. The molecule has 0 unspecified atom stereocenters. The maximum atomic E-state index is 9.82. The number of thioether (sulfide) groups is 1. The second-order valence-electron chi connectivity index (χ2n) is 1.20. The topological polar surface area (TPSA) is 37.3 Å². The second-order valence-corrected chi connectivity index (χ2v) is 2.23. The average molecular weight is 240 g/mol. The first-order valence-electron chi connectivity index (χ1n) is 2.18. The summed E-state index contributed by atoms with van der Waals surface area (Å²) >= 11 is 1.34. The predicted molar refractivity (Wildman–Crippen MR) is 35.2 cm³/mol. The van der Waals surface area contributed by atoms with E-state index in [9.17, 15) is 4.79 Å². The van der Waals surface area contributed by atoms with Crippen LogP contribution in [0.3, 0.4) is 0 Å². The van der Waals surface area contributed by atoms with Gasteiger partial charge >= 0.3 is 5.97 Å². The van der Waals surface area contributed by atoms with Gasteiger partial charge in [-0.05, 0) is 0 Å². The maximum absolute atomic E-state index is 9.82. The molecule has 0 atom stereocenters. The standard InChI is InChI=1S/C5H8O2S.Ag/c1-2-3-8-4-5(6)7;/h2H,1,3-4H2,(H,6,7);. The van der Waals surface area contributed by atoms with Crippen LogP contribution in [-0.4, -0.2) is 22.6 Å². The number of carboxylic acid groups (broad SMARTS) is 1. The molecule has 4 heteroatoms. The molecule has 1 radical (unpaired) electrons. The number of rotatable bonds is 4. The molecule has 0 amide bonds. The van der Waals surface area contributed by atoms with Gasteiger partial charge in [-0.25, -0.2) is 0 Å². The smallest absolute Gasteiger partial charge is 0.313 e. The minimum atomic E-state index is -0.767. The van der Waals surface area contributed by atoms with Crippen molar-refractivity contribution in [1.29, 1.82) is 0 Å².